The van der Waals surface area contributed by atoms with Crippen molar-refractivity contribution in [3.8, 4) is 6.07 Å². The topological polar surface area (TPSA) is 69.3 Å². The number of hydrogen-bond donors (Lipinski definition) is 0. The van der Waals surface area contributed by atoms with E-state index in [1.807, 2.05) is 32.9 Å². The van der Waals surface area contributed by atoms with Gasteiger partial charge in [0.2, 0.25) is 0 Å². The maximum absolute atomic E-state index is 13.4. The molecule has 6 nitrogen and oxygen atoms in total. The molecule has 2 saturated heterocycles. The summed E-state index contributed by atoms with van der Waals surface area (Å²) < 4.78 is 2.28. The lowest BCUT2D eigenvalue weighted by atomic mass is 9.90. The molecule has 0 aliphatic carbocycles. The highest BCUT2D eigenvalue weighted by atomic mass is 32.2. The van der Waals surface area contributed by atoms with Crippen molar-refractivity contribution in [2.45, 2.75) is 53.0 Å². The van der Waals surface area contributed by atoms with Crippen LogP contribution in [-0.4, -0.2) is 39.3 Å². The molecule has 2 aliphatic rings. The fraction of sp³-hybridized carbons (Fsp3) is 0.429. The Hall–Kier alpha value is -2.89. The van der Waals surface area contributed by atoms with Crippen molar-refractivity contribution in [2.75, 3.05) is 24.5 Å². The molecule has 188 valence electrons. The van der Waals surface area contributed by atoms with Crippen LogP contribution in [0.25, 0.3) is 6.08 Å². The highest BCUT2D eigenvalue weighted by Gasteiger charge is 2.33. The van der Waals surface area contributed by atoms with E-state index < -0.39 is 0 Å². The van der Waals surface area contributed by atoms with Gasteiger partial charge in [0, 0.05) is 31.7 Å². The first-order valence-corrected chi connectivity index (χ1v) is 13.8. The smallest absolute Gasteiger partial charge is 0.270 e. The summed E-state index contributed by atoms with van der Waals surface area (Å²) in [5, 5.41) is 9.83. The highest BCUT2D eigenvalue weighted by molar-refractivity contribution is 8.26. The van der Waals surface area contributed by atoms with Crippen LogP contribution in [-0.2, 0) is 17.8 Å². The van der Waals surface area contributed by atoms with Crippen molar-refractivity contribution in [1.29, 1.82) is 5.26 Å². The van der Waals surface area contributed by atoms with E-state index in [0.29, 0.717) is 33.8 Å². The van der Waals surface area contributed by atoms with Gasteiger partial charge in [0.25, 0.3) is 11.5 Å². The normalized spacial score (nSPS) is 17.8. The van der Waals surface area contributed by atoms with Gasteiger partial charge in [0.15, 0.2) is 0 Å². The molecule has 36 heavy (non-hydrogen) atoms. The van der Waals surface area contributed by atoms with E-state index in [2.05, 4.69) is 35.2 Å². The summed E-state index contributed by atoms with van der Waals surface area (Å²) in [5.74, 6) is 1.28. The Morgan fingerprint density at radius 1 is 1.17 bits per heavy atom. The molecule has 2 fully saturated rings. The summed E-state index contributed by atoms with van der Waals surface area (Å²) >= 11 is 6.70. The average Bonchev–Trinajstić information content (AvgIpc) is 3.15. The van der Waals surface area contributed by atoms with Crippen LogP contribution in [0, 0.1) is 24.2 Å². The first-order valence-electron chi connectivity index (χ1n) is 12.6. The predicted octanol–water partition coefficient (Wildman–Crippen LogP) is 5.12. The summed E-state index contributed by atoms with van der Waals surface area (Å²) in [6.07, 6.45) is 5.71. The van der Waals surface area contributed by atoms with Crippen LogP contribution in [0.3, 0.4) is 0 Å². The zero-order valence-corrected chi connectivity index (χ0v) is 22.8. The van der Waals surface area contributed by atoms with Gasteiger partial charge in [0.05, 0.1) is 4.91 Å². The van der Waals surface area contributed by atoms with E-state index in [-0.39, 0.29) is 17.0 Å². The molecule has 2 aliphatic heterocycles. The molecule has 1 aromatic carbocycles. The summed E-state index contributed by atoms with van der Waals surface area (Å²) in [4.78, 5) is 30.8. The maximum Gasteiger partial charge on any atom is 0.270 e. The maximum atomic E-state index is 13.4. The lowest BCUT2D eigenvalue weighted by molar-refractivity contribution is -0.121. The van der Waals surface area contributed by atoms with Gasteiger partial charge in [-0.05, 0) is 62.7 Å². The number of benzene rings is 1. The number of thiocarbonyl (C=S) groups is 1. The van der Waals surface area contributed by atoms with E-state index in [1.54, 1.807) is 9.47 Å². The molecule has 0 N–H and O–H groups in total. The van der Waals surface area contributed by atoms with E-state index in [9.17, 15) is 14.9 Å². The first-order chi connectivity index (χ1) is 17.4. The third-order valence-electron chi connectivity index (χ3n) is 7.04. The third-order valence-corrected chi connectivity index (χ3v) is 8.42. The standard InChI is InChI=1S/C28H32N4O2S2/c1-4-13-32-25(30-14-11-21(12-15-30)16-20-9-7-6-8-10-20)22(19(3)23(18-29)26(32)33)17-24-27(34)31(5-2)28(35)36-24/h6-10,17,21H,4-5,11-16H2,1-3H3/b24-17+. The van der Waals surface area contributed by atoms with Crippen LogP contribution < -0.4 is 10.5 Å². The molecule has 3 heterocycles. The number of carbonyl (C=O) groups is 1. The Kier molecular flexibility index (Phi) is 8.32. The van der Waals surface area contributed by atoms with Crippen molar-refractivity contribution in [2.24, 2.45) is 5.92 Å². The van der Waals surface area contributed by atoms with Crippen molar-refractivity contribution >= 4 is 46.1 Å². The van der Waals surface area contributed by atoms with Gasteiger partial charge in [-0.2, -0.15) is 5.26 Å². The summed E-state index contributed by atoms with van der Waals surface area (Å²) in [6.45, 7) is 8.42. The fourth-order valence-electron chi connectivity index (χ4n) is 5.12. The molecule has 8 heteroatoms. The molecular formula is C28H32N4O2S2. The molecule has 1 aromatic heterocycles. The monoisotopic (exact) mass is 520 g/mol. The van der Waals surface area contributed by atoms with Crippen LogP contribution in [0.15, 0.2) is 40.0 Å². The van der Waals surface area contributed by atoms with E-state index in [0.717, 1.165) is 50.2 Å². The number of amides is 1. The number of thioether (sulfide) groups is 1. The van der Waals surface area contributed by atoms with Crippen molar-refractivity contribution in [3.63, 3.8) is 0 Å². The fourth-order valence-corrected chi connectivity index (χ4v) is 6.48. The van der Waals surface area contributed by atoms with Gasteiger partial charge in [-0.25, -0.2) is 0 Å². The zero-order chi connectivity index (χ0) is 25.8. The van der Waals surface area contributed by atoms with Gasteiger partial charge in [-0.3, -0.25) is 19.1 Å². The van der Waals surface area contributed by atoms with Crippen LogP contribution in [0.2, 0.25) is 0 Å². The van der Waals surface area contributed by atoms with Gasteiger partial charge >= 0.3 is 0 Å². The molecule has 0 atom stereocenters. The number of anilines is 1. The molecule has 1 amide bonds. The SMILES string of the molecule is CCCn1c(N2CCC(Cc3ccccc3)CC2)c(/C=C2/SC(=S)N(CC)C2=O)c(C)c(C#N)c1=O. The molecule has 0 radical (unpaired) electrons. The zero-order valence-electron chi connectivity index (χ0n) is 21.1. The minimum Gasteiger partial charge on any atom is -0.357 e. The Morgan fingerprint density at radius 2 is 1.86 bits per heavy atom. The summed E-state index contributed by atoms with van der Waals surface area (Å²) in [5.41, 5.74) is 2.64. The largest absolute Gasteiger partial charge is 0.357 e. The van der Waals surface area contributed by atoms with Gasteiger partial charge in [-0.15, -0.1) is 0 Å². The lowest BCUT2D eigenvalue weighted by Crippen LogP contribution is -2.40. The number of likely N-dealkylation sites (N-methyl/N-ethyl adjacent to an activating group) is 1. The number of nitriles is 1. The van der Waals surface area contributed by atoms with Crippen molar-refractivity contribution in [3.05, 3.63) is 67.8 Å². The van der Waals surface area contributed by atoms with Gasteiger partial charge in [0.1, 0.15) is 21.8 Å². The summed E-state index contributed by atoms with van der Waals surface area (Å²) in [6, 6.07) is 12.7. The molecule has 0 spiro atoms. The molecular weight excluding hydrogens is 488 g/mol. The first kappa shape index (κ1) is 26.2. The number of hydrogen-bond acceptors (Lipinski definition) is 6. The van der Waals surface area contributed by atoms with Crippen molar-refractivity contribution < 1.29 is 4.79 Å². The predicted molar refractivity (Wildman–Crippen MR) is 151 cm³/mol. The van der Waals surface area contributed by atoms with Crippen molar-refractivity contribution in [1.82, 2.24) is 9.47 Å². The Balaban J connectivity index is 1.74. The van der Waals surface area contributed by atoms with Crippen LogP contribution in [0.1, 0.15) is 55.4 Å². The number of pyridine rings is 1. The number of piperidine rings is 1. The van der Waals surface area contributed by atoms with Crippen LogP contribution in [0.4, 0.5) is 5.82 Å². The van der Waals surface area contributed by atoms with E-state index in [4.69, 9.17) is 12.2 Å². The highest BCUT2D eigenvalue weighted by Crippen LogP contribution is 2.37. The number of rotatable bonds is 7. The van der Waals surface area contributed by atoms with Crippen LogP contribution in [0.5, 0.6) is 0 Å². The van der Waals surface area contributed by atoms with Gasteiger partial charge in [-0.1, -0.05) is 61.2 Å². The molecule has 0 unspecified atom stereocenters. The van der Waals surface area contributed by atoms with Gasteiger partial charge < -0.3 is 4.90 Å². The minimum absolute atomic E-state index is 0.119. The second-order valence-corrected chi connectivity index (χ2v) is 11.0. The number of aromatic nitrogens is 1. The molecule has 4 rings (SSSR count). The number of carbonyl (C=O) groups excluding carboxylic acids is 1. The molecule has 0 bridgehead atoms. The number of nitrogens with zero attached hydrogens (tertiary/aromatic N) is 4. The second-order valence-electron chi connectivity index (χ2n) is 9.35. The van der Waals surface area contributed by atoms with E-state index >= 15 is 0 Å². The summed E-state index contributed by atoms with van der Waals surface area (Å²) in [7, 11) is 0. The van der Waals surface area contributed by atoms with Crippen LogP contribution >= 0.6 is 24.0 Å². The second kappa shape index (κ2) is 11.4. The Bertz CT molecular complexity index is 1290. The van der Waals surface area contributed by atoms with E-state index in [1.165, 1.54) is 17.3 Å². The average molecular weight is 521 g/mol. The lowest BCUT2D eigenvalue weighted by Gasteiger charge is -2.36. The minimum atomic E-state index is -0.253. The quantitative estimate of drug-likeness (QED) is 0.373. The molecule has 0 saturated carbocycles. The Labute approximate surface area is 222 Å². The third kappa shape index (κ3) is 5.14. The molecule has 2 aromatic rings. The Morgan fingerprint density at radius 3 is 2.44 bits per heavy atom.